The lowest BCUT2D eigenvalue weighted by Crippen LogP contribution is -2.34. The zero-order valence-corrected chi connectivity index (χ0v) is 16.6. The molecule has 0 bridgehead atoms. The smallest absolute Gasteiger partial charge is 0.0527 e. The van der Waals surface area contributed by atoms with Gasteiger partial charge in [0.2, 0.25) is 0 Å². The SMILES string of the molecule is C=C(NCCC)C(=C)N(CCC)C(C)/C=C\SC(C)C(C)S. The van der Waals surface area contributed by atoms with Crippen molar-refractivity contribution in [2.45, 2.75) is 64.0 Å². The Labute approximate surface area is 147 Å². The fourth-order valence-corrected chi connectivity index (χ4v) is 2.88. The molecule has 3 atom stereocenters. The Hall–Kier alpha value is -0.480. The lowest BCUT2D eigenvalue weighted by molar-refractivity contribution is 0.311. The number of thioether (sulfide) groups is 1. The zero-order chi connectivity index (χ0) is 17.1. The van der Waals surface area contributed by atoms with E-state index in [2.05, 4.69) is 82.1 Å². The summed E-state index contributed by atoms with van der Waals surface area (Å²) in [5.41, 5.74) is 1.92. The monoisotopic (exact) mass is 342 g/mol. The summed E-state index contributed by atoms with van der Waals surface area (Å²) in [5.74, 6) is 0. The molecule has 0 aliphatic carbocycles. The molecule has 0 spiro atoms. The van der Waals surface area contributed by atoms with Crippen LogP contribution in [0, 0.1) is 0 Å². The summed E-state index contributed by atoms with van der Waals surface area (Å²) >= 11 is 6.32. The molecule has 0 fully saturated rings. The molecule has 0 saturated carbocycles. The van der Waals surface area contributed by atoms with Crippen LogP contribution in [-0.4, -0.2) is 34.5 Å². The standard InChI is InChI=1S/C18H34N2S2/c1-8-11-19-15(4)16(5)20(12-9-2)14(3)10-13-22-18(7)17(6)21/h10,13-14,17-19,21H,4-5,8-9,11-12H2,1-3,6-7H3/b13-10-. The molecular weight excluding hydrogens is 308 g/mol. The van der Waals surface area contributed by atoms with Gasteiger partial charge in [0.05, 0.1) is 5.70 Å². The molecule has 0 aromatic rings. The van der Waals surface area contributed by atoms with Gasteiger partial charge in [-0.1, -0.05) is 46.9 Å². The van der Waals surface area contributed by atoms with Gasteiger partial charge < -0.3 is 10.2 Å². The van der Waals surface area contributed by atoms with E-state index in [4.69, 9.17) is 0 Å². The van der Waals surface area contributed by atoms with Gasteiger partial charge in [0.15, 0.2) is 0 Å². The van der Waals surface area contributed by atoms with E-state index >= 15 is 0 Å². The highest BCUT2D eigenvalue weighted by molar-refractivity contribution is 8.03. The van der Waals surface area contributed by atoms with Crippen molar-refractivity contribution in [1.82, 2.24) is 10.2 Å². The van der Waals surface area contributed by atoms with Crippen molar-refractivity contribution >= 4 is 24.4 Å². The summed E-state index contributed by atoms with van der Waals surface area (Å²) in [5, 5.41) is 6.44. The molecule has 0 rings (SSSR count). The van der Waals surface area contributed by atoms with E-state index in [-0.39, 0.29) is 0 Å². The topological polar surface area (TPSA) is 15.3 Å². The quantitative estimate of drug-likeness (QED) is 0.381. The molecule has 2 nitrogen and oxygen atoms in total. The summed E-state index contributed by atoms with van der Waals surface area (Å²) < 4.78 is 0. The normalized spacial score (nSPS) is 15.4. The first-order valence-corrected chi connectivity index (χ1v) is 9.69. The van der Waals surface area contributed by atoms with Crippen LogP contribution in [0.25, 0.3) is 0 Å². The van der Waals surface area contributed by atoms with Crippen LogP contribution in [0.5, 0.6) is 0 Å². The van der Waals surface area contributed by atoms with Crippen molar-refractivity contribution in [2.75, 3.05) is 13.1 Å². The van der Waals surface area contributed by atoms with Gasteiger partial charge in [-0.05, 0) is 25.2 Å². The fourth-order valence-electron chi connectivity index (χ4n) is 1.88. The molecule has 1 N–H and O–H groups in total. The van der Waals surface area contributed by atoms with Gasteiger partial charge in [0.25, 0.3) is 0 Å². The van der Waals surface area contributed by atoms with Crippen molar-refractivity contribution in [3.63, 3.8) is 0 Å². The van der Waals surface area contributed by atoms with Crippen molar-refractivity contribution < 1.29 is 0 Å². The van der Waals surface area contributed by atoms with Crippen LogP contribution in [0.1, 0.15) is 47.5 Å². The molecule has 22 heavy (non-hydrogen) atoms. The van der Waals surface area contributed by atoms with Crippen molar-refractivity contribution in [3.8, 4) is 0 Å². The second kappa shape index (κ2) is 12.0. The van der Waals surface area contributed by atoms with Crippen LogP contribution in [0.4, 0.5) is 0 Å². The first-order valence-electron chi connectivity index (χ1n) is 8.23. The van der Waals surface area contributed by atoms with E-state index in [1.807, 2.05) is 11.8 Å². The molecule has 3 unspecified atom stereocenters. The minimum atomic E-state index is 0.308. The Balaban J connectivity index is 4.68. The second-order valence-electron chi connectivity index (χ2n) is 5.70. The summed E-state index contributed by atoms with van der Waals surface area (Å²) in [6.45, 7) is 21.2. The molecule has 128 valence electrons. The van der Waals surface area contributed by atoms with Crippen molar-refractivity contribution in [3.05, 3.63) is 36.0 Å². The van der Waals surface area contributed by atoms with Crippen molar-refractivity contribution in [2.24, 2.45) is 0 Å². The van der Waals surface area contributed by atoms with Crippen LogP contribution in [0.2, 0.25) is 0 Å². The van der Waals surface area contributed by atoms with E-state index < -0.39 is 0 Å². The Morgan fingerprint density at radius 3 is 2.36 bits per heavy atom. The van der Waals surface area contributed by atoms with E-state index in [0.29, 0.717) is 16.5 Å². The Bertz CT molecular complexity index is 364. The lowest BCUT2D eigenvalue weighted by atomic mass is 10.2. The first kappa shape index (κ1) is 21.5. The molecule has 0 aromatic heterocycles. The maximum Gasteiger partial charge on any atom is 0.0527 e. The first-order chi connectivity index (χ1) is 10.3. The van der Waals surface area contributed by atoms with E-state index in [0.717, 1.165) is 37.3 Å². The summed E-state index contributed by atoms with van der Waals surface area (Å²) in [4.78, 5) is 2.32. The Kier molecular flexibility index (Phi) is 11.7. The fraction of sp³-hybridized carbons (Fsp3) is 0.667. The minimum absolute atomic E-state index is 0.308. The molecule has 0 saturated heterocycles. The molecule has 4 heteroatoms. The second-order valence-corrected chi connectivity index (χ2v) is 7.80. The van der Waals surface area contributed by atoms with E-state index in [9.17, 15) is 0 Å². The van der Waals surface area contributed by atoms with E-state index in [1.165, 1.54) is 0 Å². The average Bonchev–Trinajstić information content (AvgIpc) is 2.48. The van der Waals surface area contributed by atoms with Gasteiger partial charge in [0, 0.05) is 35.3 Å². The molecule has 0 aromatic carbocycles. The predicted molar refractivity (Wildman–Crippen MR) is 108 cm³/mol. The average molecular weight is 343 g/mol. The lowest BCUT2D eigenvalue weighted by Gasteiger charge is -2.32. The number of nitrogens with zero attached hydrogens (tertiary/aromatic N) is 1. The molecule has 0 aliphatic heterocycles. The van der Waals surface area contributed by atoms with Gasteiger partial charge in [0.1, 0.15) is 0 Å². The Morgan fingerprint density at radius 1 is 1.23 bits per heavy atom. The van der Waals surface area contributed by atoms with Gasteiger partial charge in [-0.25, -0.2) is 0 Å². The predicted octanol–water partition coefficient (Wildman–Crippen LogP) is 5.07. The number of rotatable bonds is 12. The van der Waals surface area contributed by atoms with Crippen LogP contribution in [-0.2, 0) is 0 Å². The third kappa shape index (κ3) is 8.23. The number of nitrogens with one attached hydrogen (secondary N) is 1. The maximum atomic E-state index is 4.48. The van der Waals surface area contributed by atoms with Crippen molar-refractivity contribution in [1.29, 1.82) is 0 Å². The van der Waals surface area contributed by atoms with Gasteiger partial charge in [-0.15, -0.1) is 11.8 Å². The van der Waals surface area contributed by atoms with Crippen LogP contribution < -0.4 is 5.32 Å². The van der Waals surface area contributed by atoms with Gasteiger partial charge in [-0.3, -0.25) is 0 Å². The third-order valence-corrected chi connectivity index (χ3v) is 5.37. The van der Waals surface area contributed by atoms with Crippen LogP contribution in [0.15, 0.2) is 36.0 Å². The number of thiol groups is 1. The van der Waals surface area contributed by atoms with Crippen LogP contribution >= 0.6 is 24.4 Å². The third-order valence-electron chi connectivity index (χ3n) is 3.57. The highest BCUT2D eigenvalue weighted by atomic mass is 32.2. The van der Waals surface area contributed by atoms with E-state index in [1.54, 1.807) is 0 Å². The van der Waals surface area contributed by atoms with Crippen LogP contribution in [0.3, 0.4) is 0 Å². The maximum absolute atomic E-state index is 4.48. The summed E-state index contributed by atoms with van der Waals surface area (Å²) in [7, 11) is 0. The molecule has 0 heterocycles. The largest absolute Gasteiger partial charge is 0.384 e. The number of hydrogen-bond donors (Lipinski definition) is 2. The summed E-state index contributed by atoms with van der Waals surface area (Å²) in [6, 6.07) is 0.308. The summed E-state index contributed by atoms with van der Waals surface area (Å²) in [6.07, 6.45) is 4.42. The number of hydrogen-bond acceptors (Lipinski definition) is 4. The molecule has 0 aliphatic rings. The highest BCUT2D eigenvalue weighted by Gasteiger charge is 2.15. The Morgan fingerprint density at radius 2 is 1.86 bits per heavy atom. The minimum Gasteiger partial charge on any atom is -0.384 e. The zero-order valence-electron chi connectivity index (χ0n) is 14.9. The highest BCUT2D eigenvalue weighted by Crippen LogP contribution is 2.21. The molecular formula is C18H34N2S2. The molecule has 0 radical (unpaired) electrons. The van der Waals surface area contributed by atoms with Gasteiger partial charge >= 0.3 is 0 Å². The van der Waals surface area contributed by atoms with Gasteiger partial charge in [-0.2, -0.15) is 12.6 Å². The molecule has 0 amide bonds.